The molecule has 13 heavy (non-hydrogen) atoms. The Morgan fingerprint density at radius 2 is 2.31 bits per heavy atom. The van der Waals surface area contributed by atoms with E-state index in [1.807, 2.05) is 0 Å². The van der Waals surface area contributed by atoms with Crippen LogP contribution in [-0.4, -0.2) is 13.4 Å². The summed E-state index contributed by atoms with van der Waals surface area (Å²) in [6, 6.07) is 2.72. The quantitative estimate of drug-likeness (QED) is 0.704. The van der Waals surface area contributed by atoms with Crippen molar-refractivity contribution in [2.75, 3.05) is 7.11 Å². The number of carbonyl (C=O) groups excluding carboxylic acids is 1. The van der Waals surface area contributed by atoms with Crippen molar-refractivity contribution in [2.24, 2.45) is 0 Å². The number of carbonyl (C=O) groups is 1. The lowest BCUT2D eigenvalue weighted by Gasteiger charge is -2.04. The highest BCUT2D eigenvalue weighted by molar-refractivity contribution is 6.30. The van der Waals surface area contributed by atoms with Crippen LogP contribution in [0.5, 0.6) is 0 Å². The molecule has 4 heteroatoms. The van der Waals surface area contributed by atoms with Gasteiger partial charge in [-0.05, 0) is 12.1 Å². The van der Waals surface area contributed by atoms with Crippen LogP contribution in [0.25, 0.3) is 0 Å². The lowest BCUT2D eigenvalue weighted by molar-refractivity contribution is 0.111. The Bertz CT molecular complexity index is 326. The molecule has 0 atom stereocenters. The molecule has 0 aliphatic heterocycles. The summed E-state index contributed by atoms with van der Waals surface area (Å²) >= 11 is 5.66. The molecule has 0 bridgehead atoms. The fourth-order valence-corrected chi connectivity index (χ4v) is 1.26. The second kappa shape index (κ2) is 4.35. The van der Waals surface area contributed by atoms with Gasteiger partial charge in [0.05, 0.1) is 12.2 Å². The van der Waals surface area contributed by atoms with Crippen LogP contribution in [0.2, 0.25) is 5.02 Å². The van der Waals surface area contributed by atoms with Gasteiger partial charge in [-0.1, -0.05) is 11.6 Å². The molecule has 0 radical (unpaired) electrons. The second-order valence-electron chi connectivity index (χ2n) is 2.52. The molecule has 0 aliphatic carbocycles. The lowest BCUT2D eigenvalue weighted by Crippen LogP contribution is -1.97. The summed E-state index contributed by atoms with van der Waals surface area (Å²) in [4.78, 5) is 10.4. The molecule has 0 amide bonds. The summed E-state index contributed by atoms with van der Waals surface area (Å²) in [6.07, 6.45) is 0.431. The zero-order valence-electron chi connectivity index (χ0n) is 7.01. The first-order valence-corrected chi connectivity index (χ1v) is 3.99. The molecular formula is C9H8ClFO2. The fourth-order valence-electron chi connectivity index (χ4n) is 1.02. The van der Waals surface area contributed by atoms with Crippen LogP contribution in [-0.2, 0) is 11.3 Å². The third-order valence-corrected chi connectivity index (χ3v) is 1.79. The highest BCUT2D eigenvalue weighted by Crippen LogP contribution is 2.19. The Kier molecular flexibility index (Phi) is 3.39. The third kappa shape index (κ3) is 2.26. The minimum atomic E-state index is -0.568. The van der Waals surface area contributed by atoms with E-state index in [4.69, 9.17) is 16.3 Å². The van der Waals surface area contributed by atoms with Crippen LogP contribution in [0.3, 0.4) is 0 Å². The SMILES string of the molecule is COCc1cc(Cl)cc(C=O)c1F. The Morgan fingerprint density at radius 3 is 2.85 bits per heavy atom. The molecule has 1 rings (SSSR count). The third-order valence-electron chi connectivity index (χ3n) is 1.57. The van der Waals surface area contributed by atoms with E-state index in [0.717, 1.165) is 0 Å². The molecule has 0 unspecified atom stereocenters. The van der Waals surface area contributed by atoms with Crippen LogP contribution in [0.1, 0.15) is 15.9 Å². The molecule has 0 saturated heterocycles. The molecule has 0 N–H and O–H groups in total. The standard InChI is InChI=1S/C9H8ClFO2/c1-13-5-7-3-8(10)2-6(4-12)9(7)11/h2-4H,5H2,1H3. The summed E-state index contributed by atoms with van der Waals surface area (Å²) in [5.74, 6) is -0.568. The molecule has 0 heterocycles. The van der Waals surface area contributed by atoms with E-state index in [9.17, 15) is 9.18 Å². The Hall–Kier alpha value is -0.930. The fraction of sp³-hybridized carbons (Fsp3) is 0.222. The molecule has 0 spiro atoms. The highest BCUT2D eigenvalue weighted by Gasteiger charge is 2.08. The van der Waals surface area contributed by atoms with E-state index in [1.54, 1.807) is 0 Å². The normalized spacial score (nSPS) is 10.1. The van der Waals surface area contributed by atoms with Crippen LogP contribution < -0.4 is 0 Å². The van der Waals surface area contributed by atoms with E-state index < -0.39 is 5.82 Å². The number of methoxy groups -OCH3 is 1. The predicted molar refractivity (Wildman–Crippen MR) is 47.5 cm³/mol. The largest absolute Gasteiger partial charge is 0.380 e. The van der Waals surface area contributed by atoms with Crippen molar-refractivity contribution in [3.8, 4) is 0 Å². The number of aldehydes is 1. The first kappa shape index (κ1) is 10.2. The Labute approximate surface area is 80.3 Å². The van der Waals surface area contributed by atoms with Gasteiger partial charge in [-0.15, -0.1) is 0 Å². The molecular weight excluding hydrogens is 195 g/mol. The van der Waals surface area contributed by atoms with Crippen molar-refractivity contribution < 1.29 is 13.9 Å². The number of hydrogen-bond donors (Lipinski definition) is 0. The van der Waals surface area contributed by atoms with E-state index >= 15 is 0 Å². The lowest BCUT2D eigenvalue weighted by atomic mass is 10.1. The number of ether oxygens (including phenoxy) is 1. The molecule has 0 fully saturated rings. The van der Waals surface area contributed by atoms with Gasteiger partial charge >= 0.3 is 0 Å². The molecule has 70 valence electrons. The summed E-state index contributed by atoms with van der Waals surface area (Å²) < 4.78 is 18.0. The topological polar surface area (TPSA) is 26.3 Å². The zero-order chi connectivity index (χ0) is 9.84. The van der Waals surface area contributed by atoms with Crippen LogP contribution in [0.15, 0.2) is 12.1 Å². The Balaban J connectivity index is 3.18. The van der Waals surface area contributed by atoms with Crippen molar-refractivity contribution in [3.63, 3.8) is 0 Å². The molecule has 0 saturated carbocycles. The average molecular weight is 203 g/mol. The zero-order valence-corrected chi connectivity index (χ0v) is 7.77. The summed E-state index contributed by atoms with van der Waals surface area (Å²) in [6.45, 7) is 0.104. The van der Waals surface area contributed by atoms with Crippen molar-refractivity contribution in [2.45, 2.75) is 6.61 Å². The second-order valence-corrected chi connectivity index (χ2v) is 2.96. The molecule has 2 nitrogen and oxygen atoms in total. The monoisotopic (exact) mass is 202 g/mol. The van der Waals surface area contributed by atoms with Gasteiger partial charge in [0.2, 0.25) is 0 Å². The molecule has 0 aliphatic rings. The van der Waals surface area contributed by atoms with E-state index in [1.165, 1.54) is 19.2 Å². The first-order chi connectivity index (χ1) is 6.19. The maximum Gasteiger partial charge on any atom is 0.153 e. The number of halogens is 2. The maximum atomic E-state index is 13.3. The first-order valence-electron chi connectivity index (χ1n) is 3.61. The van der Waals surface area contributed by atoms with Gasteiger partial charge < -0.3 is 4.74 Å². The van der Waals surface area contributed by atoms with Gasteiger partial charge in [0, 0.05) is 17.7 Å². The minimum Gasteiger partial charge on any atom is -0.380 e. The average Bonchev–Trinajstić information content (AvgIpc) is 2.11. The Morgan fingerprint density at radius 1 is 1.62 bits per heavy atom. The smallest absolute Gasteiger partial charge is 0.153 e. The van der Waals surface area contributed by atoms with Crippen LogP contribution in [0, 0.1) is 5.82 Å². The maximum absolute atomic E-state index is 13.3. The van der Waals surface area contributed by atoms with Crippen molar-refractivity contribution >= 4 is 17.9 Å². The highest BCUT2D eigenvalue weighted by atomic mass is 35.5. The van der Waals surface area contributed by atoms with E-state index in [2.05, 4.69) is 0 Å². The van der Waals surface area contributed by atoms with Gasteiger partial charge in [-0.2, -0.15) is 0 Å². The number of hydrogen-bond acceptors (Lipinski definition) is 2. The van der Waals surface area contributed by atoms with Crippen LogP contribution in [0.4, 0.5) is 4.39 Å². The van der Waals surface area contributed by atoms with E-state index in [-0.39, 0.29) is 17.7 Å². The van der Waals surface area contributed by atoms with Crippen molar-refractivity contribution in [1.29, 1.82) is 0 Å². The molecule has 1 aromatic carbocycles. The van der Waals surface area contributed by atoms with Gasteiger partial charge in [-0.3, -0.25) is 4.79 Å². The van der Waals surface area contributed by atoms with Gasteiger partial charge in [0.15, 0.2) is 6.29 Å². The van der Waals surface area contributed by atoms with Crippen molar-refractivity contribution in [1.82, 2.24) is 0 Å². The van der Waals surface area contributed by atoms with Gasteiger partial charge in [-0.25, -0.2) is 4.39 Å². The van der Waals surface area contributed by atoms with Crippen molar-refractivity contribution in [3.05, 3.63) is 34.1 Å². The summed E-state index contributed by atoms with van der Waals surface area (Å²) in [5, 5.41) is 0.329. The predicted octanol–water partition coefficient (Wildman–Crippen LogP) is 2.44. The van der Waals surface area contributed by atoms with Gasteiger partial charge in [0.25, 0.3) is 0 Å². The van der Waals surface area contributed by atoms with Gasteiger partial charge in [0.1, 0.15) is 5.82 Å². The number of rotatable bonds is 3. The number of benzene rings is 1. The van der Waals surface area contributed by atoms with E-state index in [0.29, 0.717) is 11.3 Å². The summed E-state index contributed by atoms with van der Waals surface area (Å²) in [5.41, 5.74) is 0.247. The molecule has 1 aromatic rings. The van der Waals surface area contributed by atoms with Crippen LogP contribution >= 0.6 is 11.6 Å². The minimum absolute atomic E-state index is 0.0421. The summed E-state index contributed by atoms with van der Waals surface area (Å²) in [7, 11) is 1.45. The molecule has 0 aromatic heterocycles.